The molecule has 2 aromatic rings. The van der Waals surface area contributed by atoms with Gasteiger partial charge in [0.2, 0.25) is 0 Å². The fraction of sp³-hybridized carbons (Fsp3) is 0.200. The molecule has 0 aliphatic rings. The third-order valence-corrected chi connectivity index (χ3v) is 3.00. The molecule has 0 aliphatic heterocycles. The van der Waals surface area contributed by atoms with Crippen LogP contribution < -0.4 is 5.32 Å². The lowest BCUT2D eigenvalue weighted by Gasteiger charge is -2.15. The zero-order chi connectivity index (χ0) is 13.8. The second-order valence-electron chi connectivity index (χ2n) is 4.44. The third-order valence-electron chi connectivity index (χ3n) is 3.00. The van der Waals surface area contributed by atoms with E-state index in [0.29, 0.717) is 0 Å². The monoisotopic (exact) mass is 292 g/mol. The van der Waals surface area contributed by atoms with Gasteiger partial charge in [-0.1, -0.05) is 24.3 Å². The van der Waals surface area contributed by atoms with Crippen LogP contribution >= 0.6 is 12.4 Å². The Morgan fingerprint density at radius 2 is 1.95 bits per heavy atom. The minimum atomic E-state index is -0.889. The lowest BCUT2D eigenvalue weighted by molar-refractivity contribution is -0.137. The van der Waals surface area contributed by atoms with E-state index in [2.05, 4.69) is 10.3 Å². The van der Waals surface area contributed by atoms with E-state index in [4.69, 9.17) is 5.11 Å². The van der Waals surface area contributed by atoms with Crippen molar-refractivity contribution >= 4 is 24.1 Å². The van der Waals surface area contributed by atoms with E-state index in [1.54, 1.807) is 19.3 Å². The normalized spacial score (nSPS) is 11.3. The largest absolute Gasteiger partial charge is 0.480 e. The maximum Gasteiger partial charge on any atom is 0.325 e. The molecule has 0 saturated carbocycles. The van der Waals surface area contributed by atoms with Crippen LogP contribution in [0.25, 0.3) is 11.1 Å². The molecular formula is C15H17ClN2O2. The van der Waals surface area contributed by atoms with Gasteiger partial charge in [-0.25, -0.2) is 0 Å². The Kier molecular flexibility index (Phi) is 5.53. The SMILES string of the molecule is Cc1ccccc1-c1ccncc1N[C@@H](C)C(=O)O.Cl. The molecule has 1 aromatic heterocycles. The zero-order valence-corrected chi connectivity index (χ0v) is 12.1. The van der Waals surface area contributed by atoms with Gasteiger partial charge in [0, 0.05) is 11.8 Å². The molecule has 2 N–H and O–H groups in total. The van der Waals surface area contributed by atoms with Crippen LogP contribution in [0.4, 0.5) is 5.69 Å². The second-order valence-corrected chi connectivity index (χ2v) is 4.44. The van der Waals surface area contributed by atoms with Crippen molar-refractivity contribution in [3.05, 3.63) is 48.3 Å². The van der Waals surface area contributed by atoms with E-state index in [9.17, 15) is 4.79 Å². The summed E-state index contributed by atoms with van der Waals surface area (Å²) in [5.74, 6) is -0.889. The summed E-state index contributed by atoms with van der Waals surface area (Å²) in [4.78, 5) is 15.0. The number of aryl methyl sites for hydroxylation is 1. The van der Waals surface area contributed by atoms with Crippen molar-refractivity contribution in [2.24, 2.45) is 0 Å². The van der Waals surface area contributed by atoms with E-state index >= 15 is 0 Å². The smallest absolute Gasteiger partial charge is 0.325 e. The number of benzene rings is 1. The molecule has 1 atom stereocenters. The molecule has 1 aromatic carbocycles. The second kappa shape index (κ2) is 6.91. The van der Waals surface area contributed by atoms with Crippen molar-refractivity contribution in [3.63, 3.8) is 0 Å². The molecule has 106 valence electrons. The number of nitrogens with one attached hydrogen (secondary N) is 1. The van der Waals surface area contributed by atoms with E-state index < -0.39 is 12.0 Å². The summed E-state index contributed by atoms with van der Waals surface area (Å²) >= 11 is 0. The molecule has 20 heavy (non-hydrogen) atoms. The van der Waals surface area contributed by atoms with Gasteiger partial charge in [-0.05, 0) is 31.0 Å². The van der Waals surface area contributed by atoms with Crippen molar-refractivity contribution in [2.45, 2.75) is 19.9 Å². The van der Waals surface area contributed by atoms with Gasteiger partial charge in [0.15, 0.2) is 0 Å². The maximum atomic E-state index is 10.9. The van der Waals surface area contributed by atoms with Crippen molar-refractivity contribution in [3.8, 4) is 11.1 Å². The lowest BCUT2D eigenvalue weighted by Crippen LogP contribution is -2.25. The van der Waals surface area contributed by atoms with E-state index in [1.165, 1.54) is 0 Å². The number of pyridine rings is 1. The standard InChI is InChI=1S/C15H16N2O2.ClH/c1-10-5-3-4-6-12(10)13-7-8-16-9-14(13)17-11(2)15(18)19;/h3-9,11,17H,1-2H3,(H,18,19);1H/t11-;/m0./s1. The van der Waals surface area contributed by atoms with Gasteiger partial charge in [0.25, 0.3) is 0 Å². The lowest BCUT2D eigenvalue weighted by atomic mass is 10.00. The minimum Gasteiger partial charge on any atom is -0.480 e. The zero-order valence-electron chi connectivity index (χ0n) is 11.3. The quantitative estimate of drug-likeness (QED) is 0.907. The van der Waals surface area contributed by atoms with Crippen molar-refractivity contribution in [1.29, 1.82) is 0 Å². The molecule has 5 heteroatoms. The number of carboxylic acids is 1. The molecule has 1 heterocycles. The molecule has 2 rings (SSSR count). The van der Waals surface area contributed by atoms with E-state index in [-0.39, 0.29) is 12.4 Å². The summed E-state index contributed by atoms with van der Waals surface area (Å²) in [6.45, 7) is 3.64. The van der Waals surface area contributed by atoms with Gasteiger partial charge < -0.3 is 10.4 Å². The number of hydrogen-bond donors (Lipinski definition) is 2. The van der Waals surface area contributed by atoms with Gasteiger partial charge in [0.1, 0.15) is 6.04 Å². The summed E-state index contributed by atoms with van der Waals surface area (Å²) in [7, 11) is 0. The number of aliphatic carboxylic acids is 1. The fourth-order valence-electron chi connectivity index (χ4n) is 1.91. The van der Waals surface area contributed by atoms with Gasteiger partial charge in [-0.3, -0.25) is 9.78 Å². The van der Waals surface area contributed by atoms with Crippen molar-refractivity contribution in [2.75, 3.05) is 5.32 Å². The molecule has 0 amide bonds. The Balaban J connectivity index is 0.00000200. The average molecular weight is 293 g/mol. The topological polar surface area (TPSA) is 62.2 Å². The highest BCUT2D eigenvalue weighted by atomic mass is 35.5. The Morgan fingerprint density at radius 1 is 1.25 bits per heavy atom. The number of hydrogen-bond acceptors (Lipinski definition) is 3. The van der Waals surface area contributed by atoms with Gasteiger partial charge in [-0.2, -0.15) is 0 Å². The summed E-state index contributed by atoms with van der Waals surface area (Å²) in [5.41, 5.74) is 3.90. The van der Waals surface area contributed by atoms with E-state index in [0.717, 1.165) is 22.4 Å². The minimum absolute atomic E-state index is 0. The van der Waals surface area contributed by atoms with Crippen LogP contribution in [0, 0.1) is 6.92 Å². The molecular weight excluding hydrogens is 276 g/mol. The van der Waals surface area contributed by atoms with Crippen LogP contribution in [-0.4, -0.2) is 22.1 Å². The first kappa shape index (κ1) is 16.0. The molecule has 0 fully saturated rings. The van der Waals surface area contributed by atoms with E-state index in [1.807, 2.05) is 37.3 Å². The van der Waals surface area contributed by atoms with Crippen molar-refractivity contribution < 1.29 is 9.90 Å². The fourth-order valence-corrected chi connectivity index (χ4v) is 1.91. The van der Waals surface area contributed by atoms with Crippen LogP contribution in [0.2, 0.25) is 0 Å². The van der Waals surface area contributed by atoms with Crippen LogP contribution in [0.5, 0.6) is 0 Å². The molecule has 0 bridgehead atoms. The number of nitrogens with zero attached hydrogens (tertiary/aromatic N) is 1. The highest BCUT2D eigenvalue weighted by Crippen LogP contribution is 2.29. The Bertz CT molecular complexity index is 602. The molecule has 0 aliphatic carbocycles. The molecule has 4 nitrogen and oxygen atoms in total. The summed E-state index contributed by atoms with van der Waals surface area (Å²) < 4.78 is 0. The van der Waals surface area contributed by atoms with Crippen molar-refractivity contribution in [1.82, 2.24) is 4.98 Å². The number of rotatable bonds is 4. The number of halogens is 1. The predicted octanol–water partition coefficient (Wildman–Crippen LogP) is 3.36. The van der Waals surface area contributed by atoms with Crippen LogP contribution in [0.1, 0.15) is 12.5 Å². The summed E-state index contributed by atoms with van der Waals surface area (Å²) in [6, 6.07) is 9.22. The Hall–Kier alpha value is -2.07. The number of carbonyl (C=O) groups is 1. The van der Waals surface area contributed by atoms with Crippen LogP contribution in [0.15, 0.2) is 42.7 Å². The predicted molar refractivity (Wildman–Crippen MR) is 82.4 cm³/mol. The number of anilines is 1. The average Bonchev–Trinajstić information content (AvgIpc) is 2.40. The Morgan fingerprint density at radius 3 is 2.60 bits per heavy atom. The maximum absolute atomic E-state index is 10.9. The highest BCUT2D eigenvalue weighted by Gasteiger charge is 2.14. The molecule has 0 radical (unpaired) electrons. The van der Waals surface area contributed by atoms with Gasteiger partial charge in [0.05, 0.1) is 11.9 Å². The first-order valence-electron chi connectivity index (χ1n) is 6.09. The molecule has 0 spiro atoms. The third kappa shape index (κ3) is 3.48. The first-order valence-corrected chi connectivity index (χ1v) is 6.09. The first-order chi connectivity index (χ1) is 9.09. The Labute approximate surface area is 124 Å². The highest BCUT2D eigenvalue weighted by molar-refractivity contribution is 5.85. The molecule has 0 saturated heterocycles. The number of carboxylic acid groups (broad SMARTS) is 1. The summed E-state index contributed by atoms with van der Waals surface area (Å²) in [6.07, 6.45) is 3.36. The van der Waals surface area contributed by atoms with Gasteiger partial charge in [-0.15, -0.1) is 12.4 Å². The van der Waals surface area contributed by atoms with Crippen LogP contribution in [-0.2, 0) is 4.79 Å². The van der Waals surface area contributed by atoms with Gasteiger partial charge >= 0.3 is 5.97 Å². The molecule has 0 unspecified atom stereocenters. The van der Waals surface area contributed by atoms with Crippen LogP contribution in [0.3, 0.4) is 0 Å². The number of aromatic nitrogens is 1. The summed E-state index contributed by atoms with van der Waals surface area (Å²) in [5, 5.41) is 12.0.